The van der Waals surface area contributed by atoms with Crippen molar-refractivity contribution in [3.8, 4) is 0 Å². The predicted octanol–water partition coefficient (Wildman–Crippen LogP) is 4.93. The first-order chi connectivity index (χ1) is 11.6. The maximum Gasteiger partial charge on any atom is 0.123 e. The van der Waals surface area contributed by atoms with Gasteiger partial charge >= 0.3 is 0 Å². The zero-order chi connectivity index (χ0) is 16.9. The van der Waals surface area contributed by atoms with Crippen LogP contribution in [-0.2, 0) is 13.0 Å². The van der Waals surface area contributed by atoms with Gasteiger partial charge in [0.25, 0.3) is 0 Å². The fourth-order valence-corrected chi connectivity index (χ4v) is 3.01. The lowest BCUT2D eigenvalue weighted by molar-refractivity contribution is 0.519. The molecule has 2 N–H and O–H groups in total. The molecular weight excluding hydrogens is 348 g/mol. The van der Waals surface area contributed by atoms with E-state index in [0.717, 1.165) is 17.0 Å². The van der Waals surface area contributed by atoms with E-state index < -0.39 is 0 Å². The molecule has 1 unspecified atom stereocenters. The Labute approximate surface area is 149 Å². The second-order valence-electron chi connectivity index (χ2n) is 5.46. The number of nitrogens with zero attached hydrogens (tertiary/aromatic N) is 1. The Kier molecular flexibility index (Phi) is 5.51. The third kappa shape index (κ3) is 4.35. The number of H-pyrrole nitrogens is 1. The molecule has 124 valence electrons. The SMILES string of the molecule is Fc1ccc(C(Cc2ccc(Cl)cc2Cl)NCc2ncc[nH]2)cc1. The second kappa shape index (κ2) is 7.79. The third-order valence-corrected chi connectivity index (χ3v) is 4.37. The zero-order valence-corrected chi connectivity index (χ0v) is 14.3. The summed E-state index contributed by atoms with van der Waals surface area (Å²) in [5.41, 5.74) is 1.95. The topological polar surface area (TPSA) is 40.7 Å². The molecule has 0 aliphatic heterocycles. The molecular formula is C18H16Cl2FN3. The number of rotatable bonds is 6. The van der Waals surface area contributed by atoms with Gasteiger partial charge in [-0.1, -0.05) is 41.4 Å². The quantitative estimate of drug-likeness (QED) is 0.651. The van der Waals surface area contributed by atoms with Crippen LogP contribution in [0.3, 0.4) is 0 Å². The summed E-state index contributed by atoms with van der Waals surface area (Å²) in [6.07, 6.45) is 4.14. The first-order valence-electron chi connectivity index (χ1n) is 7.53. The third-order valence-electron chi connectivity index (χ3n) is 3.78. The van der Waals surface area contributed by atoms with E-state index in [1.54, 1.807) is 30.6 Å². The van der Waals surface area contributed by atoms with Crippen molar-refractivity contribution in [1.82, 2.24) is 15.3 Å². The largest absolute Gasteiger partial charge is 0.348 e. The Hall–Kier alpha value is -1.88. The van der Waals surface area contributed by atoms with E-state index in [1.807, 2.05) is 12.1 Å². The molecule has 3 aromatic rings. The van der Waals surface area contributed by atoms with Crippen LogP contribution in [0.2, 0.25) is 10.0 Å². The molecule has 0 radical (unpaired) electrons. The molecule has 0 aliphatic carbocycles. The molecule has 0 aliphatic rings. The highest BCUT2D eigenvalue weighted by molar-refractivity contribution is 6.35. The minimum atomic E-state index is -0.256. The number of nitrogens with one attached hydrogen (secondary N) is 2. The lowest BCUT2D eigenvalue weighted by Crippen LogP contribution is -2.23. The zero-order valence-electron chi connectivity index (χ0n) is 12.8. The smallest absolute Gasteiger partial charge is 0.123 e. The average Bonchev–Trinajstić information content (AvgIpc) is 3.08. The Morgan fingerprint density at radius 3 is 2.58 bits per heavy atom. The lowest BCUT2D eigenvalue weighted by Gasteiger charge is -2.20. The number of aromatic nitrogens is 2. The second-order valence-corrected chi connectivity index (χ2v) is 6.30. The maximum absolute atomic E-state index is 13.2. The molecule has 3 nitrogen and oxygen atoms in total. The highest BCUT2D eigenvalue weighted by atomic mass is 35.5. The average molecular weight is 364 g/mol. The highest BCUT2D eigenvalue weighted by Gasteiger charge is 2.15. The van der Waals surface area contributed by atoms with Crippen LogP contribution < -0.4 is 5.32 Å². The fourth-order valence-electron chi connectivity index (χ4n) is 2.52. The summed E-state index contributed by atoms with van der Waals surface area (Å²) in [6.45, 7) is 0.570. The number of benzene rings is 2. The molecule has 6 heteroatoms. The predicted molar refractivity (Wildman–Crippen MR) is 94.7 cm³/mol. The number of halogens is 3. The summed E-state index contributed by atoms with van der Waals surface area (Å²) < 4.78 is 13.2. The van der Waals surface area contributed by atoms with Crippen molar-refractivity contribution in [2.75, 3.05) is 0 Å². The molecule has 0 bridgehead atoms. The lowest BCUT2D eigenvalue weighted by atomic mass is 9.98. The van der Waals surface area contributed by atoms with Crippen LogP contribution in [0.5, 0.6) is 0 Å². The molecule has 1 atom stereocenters. The minimum absolute atomic E-state index is 0.0330. The molecule has 0 amide bonds. The molecule has 2 aromatic carbocycles. The van der Waals surface area contributed by atoms with Crippen molar-refractivity contribution in [2.45, 2.75) is 19.0 Å². The monoisotopic (exact) mass is 363 g/mol. The number of hydrogen-bond donors (Lipinski definition) is 2. The van der Waals surface area contributed by atoms with Crippen LogP contribution in [0.15, 0.2) is 54.9 Å². The maximum atomic E-state index is 13.2. The number of hydrogen-bond acceptors (Lipinski definition) is 2. The molecule has 0 spiro atoms. The van der Waals surface area contributed by atoms with Gasteiger partial charge in [-0.15, -0.1) is 0 Å². The van der Waals surface area contributed by atoms with Gasteiger partial charge in [0.15, 0.2) is 0 Å². The summed E-state index contributed by atoms with van der Waals surface area (Å²) >= 11 is 12.3. The summed E-state index contributed by atoms with van der Waals surface area (Å²) in [4.78, 5) is 7.27. The number of imidazole rings is 1. The van der Waals surface area contributed by atoms with Gasteiger partial charge in [0.2, 0.25) is 0 Å². The van der Waals surface area contributed by atoms with E-state index in [1.165, 1.54) is 12.1 Å². The standard InChI is InChI=1S/C18H16Cl2FN3/c19-14-4-1-13(16(20)10-14)9-17(12-2-5-15(21)6-3-12)24-11-18-22-7-8-23-18/h1-8,10,17,24H,9,11H2,(H,22,23). The Bertz CT molecular complexity index is 789. The summed E-state index contributed by atoms with van der Waals surface area (Å²) in [5.74, 6) is 0.581. The van der Waals surface area contributed by atoms with Crippen LogP contribution in [-0.4, -0.2) is 9.97 Å². The molecule has 0 saturated carbocycles. The van der Waals surface area contributed by atoms with E-state index in [9.17, 15) is 4.39 Å². The van der Waals surface area contributed by atoms with E-state index in [2.05, 4.69) is 15.3 Å². The summed E-state index contributed by atoms with van der Waals surface area (Å²) in [5, 5.41) is 4.66. The Balaban J connectivity index is 1.81. The minimum Gasteiger partial charge on any atom is -0.348 e. The van der Waals surface area contributed by atoms with Crippen molar-refractivity contribution in [3.63, 3.8) is 0 Å². The normalized spacial score (nSPS) is 12.3. The van der Waals surface area contributed by atoms with E-state index in [-0.39, 0.29) is 11.9 Å². The van der Waals surface area contributed by atoms with Crippen molar-refractivity contribution >= 4 is 23.2 Å². The molecule has 0 fully saturated rings. The molecule has 0 saturated heterocycles. The summed E-state index contributed by atoms with van der Waals surface area (Å²) in [7, 11) is 0. The summed E-state index contributed by atoms with van der Waals surface area (Å²) in [6, 6.07) is 11.9. The van der Waals surface area contributed by atoms with Crippen molar-refractivity contribution in [1.29, 1.82) is 0 Å². The Morgan fingerprint density at radius 1 is 1.12 bits per heavy atom. The van der Waals surface area contributed by atoms with Gasteiger partial charge in [-0.2, -0.15) is 0 Å². The first kappa shape index (κ1) is 17.0. The first-order valence-corrected chi connectivity index (χ1v) is 8.28. The van der Waals surface area contributed by atoms with Crippen molar-refractivity contribution in [2.24, 2.45) is 0 Å². The van der Waals surface area contributed by atoms with E-state index in [4.69, 9.17) is 23.2 Å². The van der Waals surface area contributed by atoms with Crippen LogP contribution in [0, 0.1) is 5.82 Å². The van der Waals surface area contributed by atoms with E-state index in [0.29, 0.717) is 23.0 Å². The van der Waals surface area contributed by atoms with Crippen LogP contribution in [0.1, 0.15) is 23.0 Å². The fraction of sp³-hybridized carbons (Fsp3) is 0.167. The van der Waals surface area contributed by atoms with Crippen LogP contribution >= 0.6 is 23.2 Å². The van der Waals surface area contributed by atoms with Gasteiger partial charge in [-0.25, -0.2) is 9.37 Å². The molecule has 1 heterocycles. The van der Waals surface area contributed by atoms with Crippen molar-refractivity contribution < 1.29 is 4.39 Å². The highest BCUT2D eigenvalue weighted by Crippen LogP contribution is 2.26. The van der Waals surface area contributed by atoms with Gasteiger partial charge < -0.3 is 10.3 Å². The molecule has 24 heavy (non-hydrogen) atoms. The van der Waals surface area contributed by atoms with E-state index >= 15 is 0 Å². The number of aromatic amines is 1. The van der Waals surface area contributed by atoms with Crippen molar-refractivity contribution in [3.05, 3.63) is 87.7 Å². The molecule has 1 aromatic heterocycles. The van der Waals surface area contributed by atoms with Gasteiger partial charge in [-0.3, -0.25) is 0 Å². The van der Waals surface area contributed by atoms with Gasteiger partial charge in [-0.05, 0) is 41.8 Å². The van der Waals surface area contributed by atoms with Crippen LogP contribution in [0.25, 0.3) is 0 Å². The van der Waals surface area contributed by atoms with Gasteiger partial charge in [0.1, 0.15) is 11.6 Å². The Morgan fingerprint density at radius 2 is 1.92 bits per heavy atom. The molecule has 3 rings (SSSR count). The van der Waals surface area contributed by atoms with Gasteiger partial charge in [0, 0.05) is 28.5 Å². The van der Waals surface area contributed by atoms with Gasteiger partial charge in [0.05, 0.1) is 6.54 Å². The van der Waals surface area contributed by atoms with Crippen LogP contribution in [0.4, 0.5) is 4.39 Å².